The molecule has 3 nitrogen and oxygen atoms in total. The molecule has 2 aliphatic rings. The van der Waals surface area contributed by atoms with Gasteiger partial charge in [0.2, 0.25) is 0 Å². The van der Waals surface area contributed by atoms with E-state index in [-0.39, 0.29) is 24.4 Å². The minimum absolute atomic E-state index is 0.00605. The number of amides is 1. The van der Waals surface area contributed by atoms with Crippen molar-refractivity contribution in [2.75, 3.05) is 6.61 Å². The van der Waals surface area contributed by atoms with Crippen LogP contribution in [0, 0.1) is 5.82 Å². The van der Waals surface area contributed by atoms with Gasteiger partial charge in [-0.25, -0.2) is 4.39 Å². The summed E-state index contributed by atoms with van der Waals surface area (Å²) in [6.07, 6.45) is 5.30. The maximum Gasteiger partial charge on any atom is 0.261 e. The van der Waals surface area contributed by atoms with Crippen LogP contribution in [0.4, 0.5) is 4.39 Å². The lowest BCUT2D eigenvalue weighted by Crippen LogP contribution is -2.41. The van der Waals surface area contributed by atoms with Gasteiger partial charge in [-0.2, -0.15) is 0 Å². The first-order valence-corrected chi connectivity index (χ1v) is 9.00. The first-order chi connectivity index (χ1) is 12.2. The number of aryl methyl sites for hydroxylation is 1. The summed E-state index contributed by atoms with van der Waals surface area (Å²) in [6.45, 7) is -0.0430. The molecule has 0 heterocycles. The molecule has 0 aliphatic heterocycles. The Labute approximate surface area is 147 Å². The second-order valence-corrected chi connectivity index (χ2v) is 6.89. The SMILES string of the molecule is O=C(COc1cccc(F)c1)N(C1CC1)C1CCCc2ccccc21. The summed E-state index contributed by atoms with van der Waals surface area (Å²) in [4.78, 5) is 14.9. The van der Waals surface area contributed by atoms with Gasteiger partial charge in [-0.1, -0.05) is 30.3 Å². The predicted molar refractivity (Wildman–Crippen MR) is 93.9 cm³/mol. The number of hydrogen-bond donors (Lipinski definition) is 0. The van der Waals surface area contributed by atoms with Gasteiger partial charge in [-0.05, 0) is 55.4 Å². The number of halogens is 1. The number of carbonyl (C=O) groups excluding carboxylic acids is 1. The molecular formula is C21H22FNO2. The molecule has 0 N–H and O–H groups in total. The zero-order chi connectivity index (χ0) is 17.2. The van der Waals surface area contributed by atoms with Gasteiger partial charge < -0.3 is 9.64 Å². The molecule has 1 atom stereocenters. The Hall–Kier alpha value is -2.36. The number of carbonyl (C=O) groups is 1. The molecule has 0 radical (unpaired) electrons. The van der Waals surface area contributed by atoms with Crippen LogP contribution >= 0.6 is 0 Å². The van der Waals surface area contributed by atoms with Gasteiger partial charge in [0.15, 0.2) is 6.61 Å². The van der Waals surface area contributed by atoms with E-state index in [0.29, 0.717) is 11.8 Å². The Kier molecular flexibility index (Phi) is 4.43. The van der Waals surface area contributed by atoms with Crippen molar-refractivity contribution in [1.82, 2.24) is 4.90 Å². The van der Waals surface area contributed by atoms with Gasteiger partial charge in [-0.15, -0.1) is 0 Å². The second kappa shape index (κ2) is 6.87. The molecule has 4 rings (SSSR count). The molecule has 2 aliphatic carbocycles. The fraction of sp³-hybridized carbons (Fsp3) is 0.381. The summed E-state index contributed by atoms with van der Waals surface area (Å²) in [5.41, 5.74) is 2.63. The van der Waals surface area contributed by atoms with Gasteiger partial charge in [-0.3, -0.25) is 4.79 Å². The fourth-order valence-electron chi connectivity index (χ4n) is 3.78. The third-order valence-corrected chi connectivity index (χ3v) is 5.06. The van der Waals surface area contributed by atoms with E-state index in [2.05, 4.69) is 24.3 Å². The summed E-state index contributed by atoms with van der Waals surface area (Å²) in [7, 11) is 0. The lowest BCUT2D eigenvalue weighted by atomic mass is 9.86. The number of benzene rings is 2. The van der Waals surface area contributed by atoms with Crippen LogP contribution in [0.2, 0.25) is 0 Å². The molecule has 130 valence electrons. The zero-order valence-corrected chi connectivity index (χ0v) is 14.2. The van der Waals surface area contributed by atoms with Crippen molar-refractivity contribution < 1.29 is 13.9 Å². The second-order valence-electron chi connectivity index (χ2n) is 6.89. The first-order valence-electron chi connectivity index (χ1n) is 9.00. The number of hydrogen-bond acceptors (Lipinski definition) is 2. The van der Waals surface area contributed by atoms with Gasteiger partial charge >= 0.3 is 0 Å². The summed E-state index contributed by atoms with van der Waals surface area (Å²) < 4.78 is 18.8. The maximum absolute atomic E-state index is 13.3. The van der Waals surface area contributed by atoms with Crippen LogP contribution in [-0.4, -0.2) is 23.5 Å². The average Bonchev–Trinajstić information content (AvgIpc) is 3.45. The lowest BCUT2D eigenvalue weighted by Gasteiger charge is -2.36. The molecule has 0 spiro atoms. The number of nitrogens with zero attached hydrogens (tertiary/aromatic N) is 1. The minimum atomic E-state index is -0.356. The first kappa shape index (κ1) is 16.1. The topological polar surface area (TPSA) is 29.5 Å². The van der Waals surface area contributed by atoms with Gasteiger partial charge in [0.05, 0.1) is 6.04 Å². The molecule has 2 aromatic rings. The number of rotatable bonds is 5. The van der Waals surface area contributed by atoms with Gasteiger partial charge in [0.25, 0.3) is 5.91 Å². The summed E-state index contributed by atoms with van der Waals surface area (Å²) in [6, 6.07) is 14.8. The standard InChI is InChI=1S/C21H22FNO2/c22-16-7-4-8-18(13-16)25-14-21(24)23(17-11-12-17)20-10-3-6-15-5-1-2-9-19(15)20/h1-2,4-5,7-9,13,17,20H,3,6,10-12,14H2. The van der Waals surface area contributed by atoms with Gasteiger partial charge in [0.1, 0.15) is 11.6 Å². The van der Waals surface area contributed by atoms with Crippen molar-refractivity contribution in [1.29, 1.82) is 0 Å². The van der Waals surface area contributed by atoms with E-state index in [1.165, 1.54) is 23.3 Å². The van der Waals surface area contributed by atoms with E-state index in [9.17, 15) is 9.18 Å². The maximum atomic E-state index is 13.3. The van der Waals surface area contributed by atoms with E-state index >= 15 is 0 Å². The van der Waals surface area contributed by atoms with Crippen LogP contribution < -0.4 is 4.74 Å². The van der Waals surface area contributed by atoms with Crippen LogP contribution in [0.15, 0.2) is 48.5 Å². The number of ether oxygens (including phenoxy) is 1. The summed E-state index contributed by atoms with van der Waals surface area (Å²) in [5, 5.41) is 0. The van der Waals surface area contributed by atoms with E-state index in [1.54, 1.807) is 12.1 Å². The third kappa shape index (κ3) is 3.53. The highest BCUT2D eigenvalue weighted by Gasteiger charge is 2.39. The molecular weight excluding hydrogens is 317 g/mol. The van der Waals surface area contributed by atoms with Crippen molar-refractivity contribution in [3.05, 3.63) is 65.5 Å². The quantitative estimate of drug-likeness (QED) is 0.814. The van der Waals surface area contributed by atoms with E-state index in [0.717, 1.165) is 32.1 Å². The van der Waals surface area contributed by atoms with Crippen molar-refractivity contribution in [2.45, 2.75) is 44.2 Å². The molecule has 0 aromatic heterocycles. The van der Waals surface area contributed by atoms with Crippen molar-refractivity contribution in [3.63, 3.8) is 0 Å². The molecule has 1 amide bonds. The summed E-state index contributed by atoms with van der Waals surface area (Å²) >= 11 is 0. The lowest BCUT2D eigenvalue weighted by molar-refractivity contribution is -0.137. The molecule has 1 saturated carbocycles. The Morgan fingerprint density at radius 1 is 1.12 bits per heavy atom. The zero-order valence-electron chi connectivity index (χ0n) is 14.2. The monoisotopic (exact) mass is 339 g/mol. The van der Waals surface area contributed by atoms with Crippen LogP contribution in [0.3, 0.4) is 0 Å². The summed E-state index contributed by atoms with van der Waals surface area (Å²) in [5.74, 6) is 0.0341. The molecule has 0 saturated heterocycles. The Balaban J connectivity index is 1.51. The predicted octanol–water partition coefficient (Wildman–Crippen LogP) is 4.27. The minimum Gasteiger partial charge on any atom is -0.484 e. The molecule has 4 heteroatoms. The molecule has 0 bridgehead atoms. The Morgan fingerprint density at radius 2 is 1.96 bits per heavy atom. The van der Waals surface area contributed by atoms with Crippen LogP contribution in [0.5, 0.6) is 5.75 Å². The fourth-order valence-corrected chi connectivity index (χ4v) is 3.78. The molecule has 25 heavy (non-hydrogen) atoms. The average molecular weight is 339 g/mol. The van der Waals surface area contributed by atoms with Crippen molar-refractivity contribution in [2.24, 2.45) is 0 Å². The Morgan fingerprint density at radius 3 is 2.76 bits per heavy atom. The van der Waals surface area contributed by atoms with Crippen LogP contribution in [0.25, 0.3) is 0 Å². The van der Waals surface area contributed by atoms with Crippen LogP contribution in [-0.2, 0) is 11.2 Å². The number of fused-ring (bicyclic) bond motifs is 1. The smallest absolute Gasteiger partial charge is 0.261 e. The highest BCUT2D eigenvalue weighted by atomic mass is 19.1. The van der Waals surface area contributed by atoms with E-state index in [4.69, 9.17) is 4.74 Å². The highest BCUT2D eigenvalue weighted by molar-refractivity contribution is 5.79. The van der Waals surface area contributed by atoms with Gasteiger partial charge in [0, 0.05) is 12.1 Å². The Bertz CT molecular complexity index is 772. The van der Waals surface area contributed by atoms with Crippen LogP contribution in [0.1, 0.15) is 42.9 Å². The van der Waals surface area contributed by atoms with E-state index in [1.807, 2.05) is 4.90 Å². The molecule has 1 unspecified atom stereocenters. The molecule has 2 aromatic carbocycles. The van der Waals surface area contributed by atoms with Crippen molar-refractivity contribution >= 4 is 5.91 Å². The van der Waals surface area contributed by atoms with Crippen molar-refractivity contribution in [3.8, 4) is 5.75 Å². The third-order valence-electron chi connectivity index (χ3n) is 5.06. The highest BCUT2D eigenvalue weighted by Crippen LogP contribution is 2.40. The normalized spacial score (nSPS) is 19.2. The molecule has 1 fully saturated rings. The largest absolute Gasteiger partial charge is 0.484 e. The van der Waals surface area contributed by atoms with E-state index < -0.39 is 0 Å².